The van der Waals surface area contributed by atoms with E-state index in [0.717, 1.165) is 30.6 Å². The van der Waals surface area contributed by atoms with E-state index in [1.165, 1.54) is 20.0 Å². The Hall–Kier alpha value is -3.21. The van der Waals surface area contributed by atoms with Gasteiger partial charge in [0, 0.05) is 19.0 Å². The molecule has 11 heteroatoms. The summed E-state index contributed by atoms with van der Waals surface area (Å²) in [6.45, 7) is 2.39. The van der Waals surface area contributed by atoms with Gasteiger partial charge in [0.15, 0.2) is 5.82 Å². The highest BCUT2D eigenvalue weighted by molar-refractivity contribution is 6.27. The Bertz CT molecular complexity index is 851. The Labute approximate surface area is 158 Å². The minimum atomic E-state index is -1.82. The van der Waals surface area contributed by atoms with Crippen molar-refractivity contribution in [3.63, 3.8) is 0 Å². The molecule has 1 saturated heterocycles. The molecule has 3 heterocycles. The molecular weight excluding hydrogens is 374 g/mol. The largest absolute Gasteiger partial charge is 0.473 e. The second-order valence-corrected chi connectivity index (χ2v) is 6.52. The normalized spacial score (nSPS) is 16.6. The fourth-order valence-corrected chi connectivity index (χ4v) is 2.67. The average molecular weight is 393 g/mol. The number of ether oxygens (including phenoxy) is 1. The second kappa shape index (κ2) is 8.21. The topological polar surface area (TPSA) is 156 Å². The molecule has 0 bridgehead atoms. The maximum Gasteiger partial charge on any atom is 0.414 e. The minimum Gasteiger partial charge on any atom is -0.473 e. The van der Waals surface area contributed by atoms with E-state index in [0.29, 0.717) is 18.4 Å². The second-order valence-electron chi connectivity index (χ2n) is 6.52. The van der Waals surface area contributed by atoms with Gasteiger partial charge < -0.3 is 23.9 Å². The number of nitrogens with zero attached hydrogens (tertiary/aromatic N) is 3. The standard InChI is InChI=1S/C15H17N3O4.C2H2O4/c1-20-15(19)12-5-4-11(21-12)8-18-6-10(7-18)14-16-13(17-22-14)9-2-3-9;3-1(4)2(5)6/h4-5,9-10H,2-3,6-8H2,1H3;(H,3,4)(H,5,6). The zero-order valence-corrected chi connectivity index (χ0v) is 15.0. The Balaban J connectivity index is 0.000000330. The first-order valence-electron chi connectivity index (χ1n) is 8.56. The quantitative estimate of drug-likeness (QED) is 0.553. The SMILES string of the molecule is COC(=O)c1ccc(CN2CC(c3nc(C4CC4)no3)C2)o1.O=C(O)C(=O)O. The molecule has 0 radical (unpaired) electrons. The number of hydrogen-bond acceptors (Lipinski definition) is 9. The van der Waals surface area contributed by atoms with E-state index in [1.54, 1.807) is 12.1 Å². The summed E-state index contributed by atoms with van der Waals surface area (Å²) in [6, 6.07) is 3.44. The van der Waals surface area contributed by atoms with Gasteiger partial charge in [0.1, 0.15) is 5.76 Å². The lowest BCUT2D eigenvalue weighted by Gasteiger charge is -2.36. The fraction of sp³-hybridized carbons (Fsp3) is 0.471. The van der Waals surface area contributed by atoms with Crippen molar-refractivity contribution in [2.45, 2.75) is 31.2 Å². The first-order valence-corrected chi connectivity index (χ1v) is 8.56. The van der Waals surface area contributed by atoms with Crippen LogP contribution < -0.4 is 0 Å². The number of aromatic nitrogens is 2. The van der Waals surface area contributed by atoms with Gasteiger partial charge in [-0.1, -0.05) is 5.16 Å². The number of rotatable bonds is 5. The predicted octanol–water partition coefficient (Wildman–Crippen LogP) is 1.08. The first kappa shape index (κ1) is 19.5. The molecule has 2 N–H and O–H groups in total. The Morgan fingerprint density at radius 1 is 1.18 bits per heavy atom. The van der Waals surface area contributed by atoms with Gasteiger partial charge in [0.2, 0.25) is 11.7 Å². The number of carbonyl (C=O) groups is 3. The molecule has 2 aromatic heterocycles. The van der Waals surface area contributed by atoms with Crippen LogP contribution in [0, 0.1) is 0 Å². The highest BCUT2D eigenvalue weighted by Crippen LogP contribution is 2.39. The van der Waals surface area contributed by atoms with Crippen LogP contribution in [0.4, 0.5) is 0 Å². The highest BCUT2D eigenvalue weighted by atomic mass is 16.5. The van der Waals surface area contributed by atoms with E-state index >= 15 is 0 Å². The molecule has 2 fully saturated rings. The van der Waals surface area contributed by atoms with Crippen LogP contribution in [0.2, 0.25) is 0 Å². The molecule has 2 aromatic rings. The van der Waals surface area contributed by atoms with Gasteiger partial charge in [-0.25, -0.2) is 14.4 Å². The number of carboxylic acids is 2. The number of carbonyl (C=O) groups excluding carboxylic acids is 1. The molecule has 150 valence electrons. The first-order chi connectivity index (χ1) is 13.4. The lowest BCUT2D eigenvalue weighted by molar-refractivity contribution is -0.159. The fourth-order valence-electron chi connectivity index (χ4n) is 2.67. The zero-order valence-electron chi connectivity index (χ0n) is 15.0. The molecule has 0 unspecified atom stereocenters. The number of methoxy groups -OCH3 is 1. The van der Waals surface area contributed by atoms with E-state index in [-0.39, 0.29) is 5.76 Å². The summed E-state index contributed by atoms with van der Waals surface area (Å²) in [6.07, 6.45) is 2.35. The van der Waals surface area contributed by atoms with Gasteiger partial charge >= 0.3 is 17.9 Å². The van der Waals surface area contributed by atoms with Gasteiger partial charge in [-0.3, -0.25) is 4.90 Å². The smallest absolute Gasteiger partial charge is 0.414 e. The molecule has 0 amide bonds. The van der Waals surface area contributed by atoms with Crippen molar-refractivity contribution < 1.29 is 38.3 Å². The van der Waals surface area contributed by atoms with Gasteiger partial charge in [-0.05, 0) is 25.0 Å². The third kappa shape index (κ3) is 4.74. The molecule has 11 nitrogen and oxygen atoms in total. The van der Waals surface area contributed by atoms with Crippen LogP contribution in [0.3, 0.4) is 0 Å². The maximum absolute atomic E-state index is 11.3. The van der Waals surface area contributed by atoms with Crippen molar-refractivity contribution in [1.29, 1.82) is 0 Å². The number of furan rings is 1. The van der Waals surface area contributed by atoms with Crippen molar-refractivity contribution in [3.8, 4) is 0 Å². The summed E-state index contributed by atoms with van der Waals surface area (Å²) in [4.78, 5) is 36.2. The summed E-state index contributed by atoms with van der Waals surface area (Å²) in [5.41, 5.74) is 0. The molecule has 1 saturated carbocycles. The van der Waals surface area contributed by atoms with Crippen LogP contribution >= 0.6 is 0 Å². The van der Waals surface area contributed by atoms with Crippen LogP contribution in [0.5, 0.6) is 0 Å². The van der Waals surface area contributed by atoms with Crippen molar-refractivity contribution in [2.24, 2.45) is 0 Å². The van der Waals surface area contributed by atoms with Gasteiger partial charge in [0.25, 0.3) is 0 Å². The van der Waals surface area contributed by atoms with Gasteiger partial charge in [-0.15, -0.1) is 0 Å². The average Bonchev–Trinajstić information content (AvgIpc) is 3.18. The van der Waals surface area contributed by atoms with Crippen LogP contribution in [0.25, 0.3) is 0 Å². The molecule has 1 aliphatic heterocycles. The van der Waals surface area contributed by atoms with Crippen LogP contribution in [0.1, 0.15) is 52.7 Å². The van der Waals surface area contributed by atoms with E-state index < -0.39 is 17.9 Å². The zero-order chi connectivity index (χ0) is 20.3. The lowest BCUT2D eigenvalue weighted by Crippen LogP contribution is -2.44. The molecule has 4 rings (SSSR count). The molecule has 1 aliphatic carbocycles. The summed E-state index contributed by atoms with van der Waals surface area (Å²) >= 11 is 0. The summed E-state index contributed by atoms with van der Waals surface area (Å²) < 4.78 is 15.4. The van der Waals surface area contributed by atoms with Crippen molar-refractivity contribution in [3.05, 3.63) is 35.4 Å². The molecule has 0 aromatic carbocycles. The van der Waals surface area contributed by atoms with Crippen LogP contribution in [0.15, 0.2) is 21.1 Å². The Morgan fingerprint density at radius 3 is 2.43 bits per heavy atom. The van der Waals surface area contributed by atoms with E-state index in [9.17, 15) is 4.79 Å². The summed E-state index contributed by atoms with van der Waals surface area (Å²) in [5.74, 6) is -0.682. The molecule has 28 heavy (non-hydrogen) atoms. The third-order valence-corrected chi connectivity index (χ3v) is 4.32. The van der Waals surface area contributed by atoms with E-state index in [1.807, 2.05) is 0 Å². The van der Waals surface area contributed by atoms with Crippen LogP contribution in [-0.2, 0) is 20.9 Å². The van der Waals surface area contributed by atoms with Crippen molar-refractivity contribution >= 4 is 17.9 Å². The van der Waals surface area contributed by atoms with Crippen molar-refractivity contribution in [1.82, 2.24) is 15.0 Å². The molecular formula is C17H19N3O8. The molecule has 2 aliphatic rings. The van der Waals surface area contributed by atoms with E-state index in [2.05, 4.69) is 19.8 Å². The predicted molar refractivity (Wildman–Crippen MR) is 89.6 cm³/mol. The number of esters is 1. The van der Waals surface area contributed by atoms with Crippen LogP contribution in [-0.4, -0.2) is 63.4 Å². The van der Waals surface area contributed by atoms with E-state index in [4.69, 9.17) is 28.7 Å². The lowest BCUT2D eigenvalue weighted by atomic mass is 10.00. The van der Waals surface area contributed by atoms with Crippen molar-refractivity contribution in [2.75, 3.05) is 20.2 Å². The third-order valence-electron chi connectivity index (χ3n) is 4.32. The Kier molecular flexibility index (Phi) is 5.73. The Morgan fingerprint density at radius 2 is 1.86 bits per heavy atom. The highest BCUT2D eigenvalue weighted by Gasteiger charge is 2.35. The minimum absolute atomic E-state index is 0.237. The number of carboxylic acid groups (broad SMARTS) is 2. The summed E-state index contributed by atoms with van der Waals surface area (Å²) in [7, 11) is 1.34. The molecule has 0 atom stereocenters. The number of hydrogen-bond donors (Lipinski definition) is 2. The maximum atomic E-state index is 11.3. The number of aliphatic carboxylic acids is 2. The van der Waals surface area contributed by atoms with Gasteiger partial charge in [-0.2, -0.15) is 4.98 Å². The molecule has 0 spiro atoms. The monoisotopic (exact) mass is 393 g/mol. The summed E-state index contributed by atoms with van der Waals surface area (Å²) in [5, 5.41) is 18.8. The van der Waals surface area contributed by atoms with Gasteiger partial charge in [0.05, 0.1) is 19.6 Å². The number of likely N-dealkylation sites (tertiary alicyclic amines) is 1.